The van der Waals surface area contributed by atoms with E-state index in [1.807, 2.05) is 63.2 Å². The van der Waals surface area contributed by atoms with Crippen LogP contribution < -0.4 is 10.6 Å². The lowest BCUT2D eigenvalue weighted by Crippen LogP contribution is -2.52. The summed E-state index contributed by atoms with van der Waals surface area (Å²) in [5.74, 6) is 7.87. The van der Waals surface area contributed by atoms with E-state index in [1.165, 1.54) is 20.0 Å². The number of fused-ring (bicyclic) bond motifs is 1. The summed E-state index contributed by atoms with van der Waals surface area (Å²) in [6, 6.07) is 12.4. The van der Waals surface area contributed by atoms with Crippen molar-refractivity contribution in [3.05, 3.63) is 71.4 Å². The average Bonchev–Trinajstić information content (AvgIpc) is 3.74. The van der Waals surface area contributed by atoms with E-state index in [0.717, 1.165) is 52.2 Å². The Morgan fingerprint density at radius 2 is 1.60 bits per heavy atom. The van der Waals surface area contributed by atoms with Crippen molar-refractivity contribution in [2.45, 2.75) is 84.0 Å². The number of nitrogens with zero attached hydrogens (tertiary/aromatic N) is 4. The summed E-state index contributed by atoms with van der Waals surface area (Å²) in [5.41, 5.74) is 4.42. The zero-order valence-corrected chi connectivity index (χ0v) is 33.3. The number of nitrogens with one attached hydrogen (secondary N) is 4. The van der Waals surface area contributed by atoms with E-state index >= 15 is 0 Å². The molecule has 4 aliphatic rings. The van der Waals surface area contributed by atoms with E-state index in [-0.39, 0.29) is 54.1 Å². The van der Waals surface area contributed by atoms with Crippen LogP contribution in [0, 0.1) is 35.0 Å². The van der Waals surface area contributed by atoms with Gasteiger partial charge in [0, 0.05) is 30.0 Å². The topological polar surface area (TPSA) is 175 Å². The van der Waals surface area contributed by atoms with Crippen LogP contribution in [0.4, 0.5) is 9.59 Å². The highest BCUT2D eigenvalue weighted by Gasteiger charge is 2.55. The SMILES string of the molecule is COC(=O)N[C@H](C(=O)N1C[C@@]2(CNC(=O)O2)C[C@H]1c1ncc(-c2ccc(C#Cc3ccc4nc([C@@H]5CC6(CC6)CN5C(=O)[C@@H](C)C(C)C)[nH]c4c3)cc2)[nH]1)C(C)C. The number of likely N-dealkylation sites (tertiary alicyclic amines) is 2. The maximum absolute atomic E-state index is 14.0. The molecule has 1 aliphatic carbocycles. The zero-order valence-electron chi connectivity index (χ0n) is 33.3. The molecule has 0 bridgehead atoms. The number of aromatic amines is 2. The lowest BCUT2D eigenvalue weighted by atomic mass is 9.96. The fourth-order valence-corrected chi connectivity index (χ4v) is 8.42. The molecule has 4 amide bonds. The lowest BCUT2D eigenvalue weighted by Gasteiger charge is -2.30. The minimum Gasteiger partial charge on any atom is -0.453 e. The average molecular weight is 775 g/mol. The highest BCUT2D eigenvalue weighted by atomic mass is 16.6. The summed E-state index contributed by atoms with van der Waals surface area (Å²) in [7, 11) is 1.25. The van der Waals surface area contributed by atoms with Crippen LogP contribution in [0.5, 0.6) is 0 Å². The second-order valence-corrected chi connectivity index (χ2v) is 17.1. The predicted octanol–water partition coefficient (Wildman–Crippen LogP) is 5.83. The highest BCUT2D eigenvalue weighted by Crippen LogP contribution is 2.58. The molecule has 2 spiro atoms. The van der Waals surface area contributed by atoms with Gasteiger partial charge in [0.05, 0.1) is 55.2 Å². The van der Waals surface area contributed by atoms with E-state index in [9.17, 15) is 19.2 Å². The van der Waals surface area contributed by atoms with E-state index in [0.29, 0.717) is 12.2 Å². The molecule has 14 nitrogen and oxygen atoms in total. The molecule has 2 aromatic carbocycles. The molecular formula is C43H50N8O6. The molecule has 1 saturated carbocycles. The Morgan fingerprint density at radius 3 is 2.26 bits per heavy atom. The van der Waals surface area contributed by atoms with Gasteiger partial charge < -0.3 is 39.9 Å². The van der Waals surface area contributed by atoms with Crippen LogP contribution in [0.3, 0.4) is 0 Å². The molecule has 5 heterocycles. The van der Waals surface area contributed by atoms with Gasteiger partial charge in [0.2, 0.25) is 11.8 Å². The first-order valence-electron chi connectivity index (χ1n) is 19.9. The van der Waals surface area contributed by atoms with Gasteiger partial charge in [-0.05, 0) is 72.4 Å². The molecule has 57 heavy (non-hydrogen) atoms. The second kappa shape index (κ2) is 14.6. The Labute approximate surface area is 331 Å². The third kappa shape index (κ3) is 7.43. The lowest BCUT2D eigenvalue weighted by molar-refractivity contribution is -0.137. The van der Waals surface area contributed by atoms with Crippen molar-refractivity contribution in [3.63, 3.8) is 0 Å². The molecule has 14 heteroatoms. The first kappa shape index (κ1) is 38.1. The molecule has 0 radical (unpaired) electrons. The highest BCUT2D eigenvalue weighted by molar-refractivity contribution is 5.87. The summed E-state index contributed by atoms with van der Waals surface area (Å²) in [6.07, 6.45) is 4.12. The Morgan fingerprint density at radius 1 is 0.895 bits per heavy atom. The molecule has 4 fully saturated rings. The maximum atomic E-state index is 14.0. The van der Waals surface area contributed by atoms with Gasteiger partial charge in [0.1, 0.15) is 17.7 Å². The van der Waals surface area contributed by atoms with Crippen molar-refractivity contribution in [2.75, 3.05) is 26.7 Å². The number of rotatable bonds is 8. The van der Waals surface area contributed by atoms with Crippen LogP contribution in [0.25, 0.3) is 22.3 Å². The number of imidazole rings is 2. The van der Waals surface area contributed by atoms with Gasteiger partial charge in [-0.3, -0.25) is 9.59 Å². The van der Waals surface area contributed by atoms with Gasteiger partial charge in [0.15, 0.2) is 5.60 Å². The van der Waals surface area contributed by atoms with Crippen LogP contribution in [0.1, 0.15) is 95.2 Å². The Kier molecular flexibility index (Phi) is 9.74. The van der Waals surface area contributed by atoms with E-state index in [2.05, 4.69) is 56.2 Å². The van der Waals surface area contributed by atoms with Crippen molar-refractivity contribution >= 4 is 35.0 Å². The quantitative estimate of drug-likeness (QED) is 0.162. The monoisotopic (exact) mass is 774 g/mol. The number of carbonyl (C=O) groups excluding carboxylic acids is 4. The second-order valence-electron chi connectivity index (χ2n) is 17.1. The van der Waals surface area contributed by atoms with Gasteiger partial charge in [-0.25, -0.2) is 19.6 Å². The molecule has 5 atom stereocenters. The Hall–Kier alpha value is -5.84. The van der Waals surface area contributed by atoms with Gasteiger partial charge in [-0.1, -0.05) is 58.6 Å². The number of alkyl carbamates (subject to hydrolysis) is 2. The normalized spacial score (nSPS) is 23.1. The minimum atomic E-state index is -0.912. The summed E-state index contributed by atoms with van der Waals surface area (Å²) in [6.45, 7) is 11.2. The maximum Gasteiger partial charge on any atom is 0.407 e. The summed E-state index contributed by atoms with van der Waals surface area (Å²) < 4.78 is 10.5. The van der Waals surface area contributed by atoms with Crippen molar-refractivity contribution in [3.8, 4) is 23.1 Å². The number of methoxy groups -OCH3 is 1. The number of H-pyrrole nitrogens is 2. The van der Waals surface area contributed by atoms with E-state index in [4.69, 9.17) is 14.5 Å². The number of ether oxygens (including phenoxy) is 2. The van der Waals surface area contributed by atoms with Gasteiger partial charge in [-0.15, -0.1) is 0 Å². The summed E-state index contributed by atoms with van der Waals surface area (Å²) in [5, 5.41) is 5.38. The smallest absolute Gasteiger partial charge is 0.407 e. The van der Waals surface area contributed by atoms with Gasteiger partial charge >= 0.3 is 12.2 Å². The molecule has 298 valence electrons. The molecule has 8 rings (SSSR count). The number of amides is 4. The van der Waals surface area contributed by atoms with Crippen molar-refractivity contribution in [2.24, 2.45) is 23.2 Å². The van der Waals surface area contributed by atoms with Crippen molar-refractivity contribution < 1.29 is 28.7 Å². The third-order valence-electron chi connectivity index (χ3n) is 12.4. The molecule has 0 unspecified atom stereocenters. The molecule has 3 aliphatic heterocycles. The fraction of sp³-hybridized carbons (Fsp3) is 0.488. The van der Waals surface area contributed by atoms with Gasteiger partial charge in [0.25, 0.3) is 0 Å². The number of hydrogen-bond donors (Lipinski definition) is 4. The third-order valence-corrected chi connectivity index (χ3v) is 12.4. The Balaban J connectivity index is 0.977. The predicted molar refractivity (Wildman–Crippen MR) is 211 cm³/mol. The number of carbonyl (C=O) groups is 4. The van der Waals surface area contributed by atoms with Crippen LogP contribution >= 0.6 is 0 Å². The standard InChI is InChI=1S/C43H50N8O6/c1-24(2)26(5)38(52)50-22-42(15-16-42)18-33(50)37-46-30-14-11-28(17-31(30)47-37)8-7-27-9-12-29(13-10-27)32-20-44-36(48-32)34-19-43(21-45-40(54)57-43)23-51(34)39(53)35(25(3)4)49-41(55)56-6/h9-14,17,20,24-26,33-35H,15-16,18-19,21-23H2,1-6H3,(H,44,48)(H,45,54)(H,46,47)(H,49,55)/t26-,33-,34-,35-,43-/m0/s1. The molecule has 2 aromatic heterocycles. The van der Waals surface area contributed by atoms with Crippen LogP contribution in [-0.2, 0) is 19.1 Å². The van der Waals surface area contributed by atoms with Crippen molar-refractivity contribution in [1.29, 1.82) is 0 Å². The van der Waals surface area contributed by atoms with E-state index in [1.54, 1.807) is 11.1 Å². The zero-order chi connectivity index (χ0) is 40.2. The van der Waals surface area contributed by atoms with E-state index < -0.39 is 29.9 Å². The Bertz CT molecular complexity index is 2280. The molecular weight excluding hydrogens is 725 g/mol. The van der Waals surface area contributed by atoms with Crippen LogP contribution in [-0.4, -0.2) is 92.1 Å². The fourth-order valence-electron chi connectivity index (χ4n) is 8.42. The van der Waals surface area contributed by atoms with Crippen molar-refractivity contribution in [1.82, 2.24) is 40.4 Å². The van der Waals surface area contributed by atoms with Crippen LogP contribution in [0.2, 0.25) is 0 Å². The number of benzene rings is 2. The largest absolute Gasteiger partial charge is 0.453 e. The minimum absolute atomic E-state index is 0.0348. The summed E-state index contributed by atoms with van der Waals surface area (Å²) >= 11 is 0. The van der Waals surface area contributed by atoms with Gasteiger partial charge in [-0.2, -0.15) is 0 Å². The molecule has 3 saturated heterocycles. The molecule has 4 N–H and O–H groups in total. The van der Waals surface area contributed by atoms with Crippen LogP contribution in [0.15, 0.2) is 48.7 Å². The number of aromatic nitrogens is 4. The summed E-state index contributed by atoms with van der Waals surface area (Å²) in [4.78, 5) is 72.0. The number of hydrogen-bond acceptors (Lipinski definition) is 8. The first-order valence-corrected chi connectivity index (χ1v) is 19.9. The molecule has 4 aromatic rings. The first-order chi connectivity index (χ1) is 27.3.